The highest BCUT2D eigenvalue weighted by atomic mass is 16.5. The molecule has 0 heterocycles. The van der Waals surface area contributed by atoms with Crippen LogP contribution in [-0.4, -0.2) is 22.8 Å². The van der Waals surface area contributed by atoms with Gasteiger partial charge in [-0.1, -0.05) is 20.4 Å². The highest BCUT2D eigenvalue weighted by Gasteiger charge is 2.14. The van der Waals surface area contributed by atoms with Gasteiger partial charge in [0.1, 0.15) is 23.2 Å². The topological polar surface area (TPSA) is 90.6 Å². The molecule has 5 heteroatoms. The molecule has 0 aromatic heterocycles. The molecule has 0 amide bonds. The zero-order chi connectivity index (χ0) is 19.0. The number of carboxylic acid groups (broad SMARTS) is 1. The maximum Gasteiger partial charge on any atom is 0.339 e. The first-order valence-corrected chi connectivity index (χ1v) is 7.72. The Balaban J connectivity index is 3.32. The minimum Gasteiger partial charge on any atom is -0.507 e. The largest absolute Gasteiger partial charge is 0.507 e. The monoisotopic (exact) mass is 339 g/mol. The third kappa shape index (κ3) is 5.42. The summed E-state index contributed by atoms with van der Waals surface area (Å²) in [4.78, 5) is 11.3. The second-order valence-electron chi connectivity index (χ2n) is 5.66. The van der Waals surface area contributed by atoms with Crippen LogP contribution in [0, 0.1) is 17.2 Å². The molecule has 0 radical (unpaired) electrons. The van der Waals surface area contributed by atoms with E-state index in [0.717, 1.165) is 0 Å². The second-order valence-corrected chi connectivity index (χ2v) is 5.66. The summed E-state index contributed by atoms with van der Waals surface area (Å²) in [5.74, 6) is -0.861. The molecule has 0 aliphatic carbocycles. The lowest BCUT2D eigenvalue weighted by Crippen LogP contribution is -2.06. The highest BCUT2D eigenvalue weighted by Crippen LogP contribution is 2.26. The van der Waals surface area contributed by atoms with Crippen molar-refractivity contribution in [2.24, 2.45) is 5.92 Å². The van der Waals surface area contributed by atoms with Crippen LogP contribution in [0.15, 0.2) is 54.0 Å². The van der Waals surface area contributed by atoms with Gasteiger partial charge in [-0.25, -0.2) is 4.79 Å². The molecule has 1 rings (SSSR count). The van der Waals surface area contributed by atoms with Gasteiger partial charge >= 0.3 is 5.97 Å². The average Bonchev–Trinajstić information content (AvgIpc) is 2.59. The van der Waals surface area contributed by atoms with Crippen molar-refractivity contribution in [1.29, 1.82) is 5.26 Å². The number of aliphatic hydroxyl groups excluding tert-OH is 1. The van der Waals surface area contributed by atoms with Crippen LogP contribution in [0.5, 0.6) is 5.75 Å². The van der Waals surface area contributed by atoms with Crippen LogP contribution >= 0.6 is 0 Å². The third-order valence-electron chi connectivity index (χ3n) is 3.24. The van der Waals surface area contributed by atoms with Crippen molar-refractivity contribution in [1.82, 2.24) is 0 Å². The lowest BCUT2D eigenvalue weighted by atomic mass is 10.0. The van der Waals surface area contributed by atoms with Gasteiger partial charge < -0.3 is 14.9 Å². The first-order chi connectivity index (χ1) is 11.8. The molecule has 0 aliphatic heterocycles. The Hall–Kier alpha value is -3.22. The van der Waals surface area contributed by atoms with Gasteiger partial charge in [0, 0.05) is 5.57 Å². The molecule has 0 atom stereocenters. The Labute approximate surface area is 147 Å². The number of benzene rings is 1. The van der Waals surface area contributed by atoms with E-state index < -0.39 is 5.97 Å². The summed E-state index contributed by atoms with van der Waals surface area (Å²) in [7, 11) is 0. The first-order valence-electron chi connectivity index (χ1n) is 7.72. The zero-order valence-electron chi connectivity index (χ0n) is 14.5. The van der Waals surface area contributed by atoms with Gasteiger partial charge in [0.05, 0.1) is 12.2 Å². The quantitative estimate of drug-likeness (QED) is 0.336. The van der Waals surface area contributed by atoms with Gasteiger partial charge in [-0.3, -0.25) is 0 Å². The molecule has 25 heavy (non-hydrogen) atoms. The lowest BCUT2D eigenvalue weighted by Gasteiger charge is -2.11. The molecule has 130 valence electrons. The van der Waals surface area contributed by atoms with Crippen LogP contribution in [0.4, 0.5) is 0 Å². The van der Waals surface area contributed by atoms with Crippen LogP contribution in [0.1, 0.15) is 31.9 Å². The summed E-state index contributed by atoms with van der Waals surface area (Å²) < 4.78 is 5.61. The zero-order valence-corrected chi connectivity index (χ0v) is 14.5. The number of carbonyl (C=O) groups is 1. The molecule has 0 unspecified atom stereocenters. The predicted molar refractivity (Wildman–Crippen MR) is 96.1 cm³/mol. The van der Waals surface area contributed by atoms with E-state index in [4.69, 9.17) is 4.74 Å². The average molecular weight is 339 g/mol. The fraction of sp³-hybridized carbons (Fsp3) is 0.250. The minimum absolute atomic E-state index is 0.285. The molecule has 2 N–H and O–H groups in total. The number of nitrogens with zero attached hydrogens (tertiary/aromatic N) is 1. The van der Waals surface area contributed by atoms with Crippen LogP contribution in [0.2, 0.25) is 0 Å². The molecule has 0 saturated carbocycles. The number of aliphatic hydroxyl groups is 1. The van der Waals surface area contributed by atoms with Crippen molar-refractivity contribution in [3.63, 3.8) is 0 Å². The van der Waals surface area contributed by atoms with E-state index in [1.54, 1.807) is 18.2 Å². The minimum atomic E-state index is -1.28. The maximum atomic E-state index is 11.3. The van der Waals surface area contributed by atoms with Gasteiger partial charge in [0.2, 0.25) is 0 Å². The smallest absolute Gasteiger partial charge is 0.339 e. The Morgan fingerprint density at radius 1 is 1.40 bits per heavy atom. The molecule has 5 nitrogen and oxygen atoms in total. The number of nitriles is 1. The molecule has 1 aromatic rings. The van der Waals surface area contributed by atoms with Crippen molar-refractivity contribution in [2.45, 2.75) is 20.8 Å². The van der Waals surface area contributed by atoms with Gasteiger partial charge in [-0.15, -0.1) is 5.73 Å². The summed E-state index contributed by atoms with van der Waals surface area (Å²) in [6, 6.07) is 6.98. The van der Waals surface area contributed by atoms with Crippen LogP contribution in [-0.2, 0) is 4.79 Å². The number of ether oxygens (including phenoxy) is 1. The van der Waals surface area contributed by atoms with E-state index in [1.807, 2.05) is 13.8 Å². The van der Waals surface area contributed by atoms with E-state index in [2.05, 4.69) is 18.4 Å². The van der Waals surface area contributed by atoms with E-state index in [-0.39, 0.29) is 11.3 Å². The molecule has 1 aromatic carbocycles. The predicted octanol–water partition coefficient (Wildman–Crippen LogP) is 4.23. The fourth-order valence-corrected chi connectivity index (χ4v) is 1.95. The molecule has 0 fully saturated rings. The Morgan fingerprint density at radius 2 is 2.08 bits per heavy atom. The van der Waals surface area contributed by atoms with Gasteiger partial charge in [0.15, 0.2) is 0 Å². The Kier molecular flexibility index (Phi) is 7.27. The summed E-state index contributed by atoms with van der Waals surface area (Å²) >= 11 is 0. The fourth-order valence-electron chi connectivity index (χ4n) is 1.95. The molecular formula is C20H21NO4. The van der Waals surface area contributed by atoms with Crippen molar-refractivity contribution in [3.8, 4) is 11.8 Å². The standard InChI is InChI=1S/C20H21NO4/c1-5-14(10-17(20(23)24)18(22)6-2)15-7-8-19(16(9-15)11-21)25-12-13(3)4/h6-10,13,22H,1,12H2,2-4H3,(H,23,24)/b17-10+,18-6+. The van der Waals surface area contributed by atoms with Gasteiger partial charge in [-0.05, 0) is 48.8 Å². The number of carboxylic acids is 1. The summed E-state index contributed by atoms with van der Waals surface area (Å²) in [6.07, 6.45) is 2.54. The van der Waals surface area contributed by atoms with Gasteiger partial charge in [0.25, 0.3) is 0 Å². The Bertz CT molecular complexity index is 803. The molecule has 0 spiro atoms. The second kappa shape index (κ2) is 9.17. The maximum absolute atomic E-state index is 11.3. The summed E-state index contributed by atoms with van der Waals surface area (Å²) in [5, 5.41) is 28.3. The SMILES string of the molecule is C=C=C(/C=C(C(=O)O)\C(O)=C/C)c1ccc(OCC(C)C)c(C#N)c1. The van der Waals surface area contributed by atoms with E-state index >= 15 is 0 Å². The summed E-state index contributed by atoms with van der Waals surface area (Å²) in [6.45, 7) is 9.58. The molecule has 0 saturated heterocycles. The number of rotatable bonds is 7. The number of hydrogen-bond acceptors (Lipinski definition) is 4. The number of hydrogen-bond donors (Lipinski definition) is 2. The normalized spacial score (nSPS) is 11.6. The molecule has 0 bridgehead atoms. The van der Waals surface area contributed by atoms with Crippen molar-refractivity contribution in [2.75, 3.05) is 6.61 Å². The van der Waals surface area contributed by atoms with Crippen molar-refractivity contribution >= 4 is 11.5 Å². The molecule has 0 aliphatic rings. The van der Waals surface area contributed by atoms with Crippen molar-refractivity contribution in [3.05, 3.63) is 65.1 Å². The van der Waals surface area contributed by atoms with Crippen LogP contribution in [0.25, 0.3) is 5.57 Å². The number of aliphatic carboxylic acids is 1. The Morgan fingerprint density at radius 3 is 2.56 bits per heavy atom. The van der Waals surface area contributed by atoms with Gasteiger partial charge in [-0.2, -0.15) is 5.26 Å². The van der Waals surface area contributed by atoms with Crippen LogP contribution < -0.4 is 4.74 Å². The van der Waals surface area contributed by atoms with E-state index in [1.165, 1.54) is 19.1 Å². The number of allylic oxidation sites excluding steroid dienone is 3. The third-order valence-corrected chi connectivity index (χ3v) is 3.24. The lowest BCUT2D eigenvalue weighted by molar-refractivity contribution is -0.132. The van der Waals surface area contributed by atoms with Crippen LogP contribution in [0.3, 0.4) is 0 Å². The highest BCUT2D eigenvalue weighted by molar-refractivity contribution is 5.95. The first kappa shape index (κ1) is 19.8. The summed E-state index contributed by atoms with van der Waals surface area (Å²) in [5.41, 5.74) is 3.57. The molecular weight excluding hydrogens is 318 g/mol. The van der Waals surface area contributed by atoms with E-state index in [9.17, 15) is 20.3 Å². The van der Waals surface area contributed by atoms with Crippen molar-refractivity contribution < 1.29 is 19.7 Å². The van der Waals surface area contributed by atoms with E-state index in [0.29, 0.717) is 35.0 Å².